The first-order valence-corrected chi connectivity index (χ1v) is 27.9. The van der Waals surface area contributed by atoms with Crippen LogP contribution in [-0.2, 0) is 28.6 Å². The molecule has 62 heavy (non-hydrogen) atoms. The topological polar surface area (TPSA) is 78.9 Å². The van der Waals surface area contributed by atoms with Crippen LogP contribution in [0.25, 0.3) is 0 Å². The van der Waals surface area contributed by atoms with Gasteiger partial charge >= 0.3 is 17.9 Å². The highest BCUT2D eigenvalue weighted by Crippen LogP contribution is 2.18. The van der Waals surface area contributed by atoms with E-state index in [1.54, 1.807) is 0 Å². The Labute approximate surface area is 387 Å². The molecule has 0 aliphatic heterocycles. The van der Waals surface area contributed by atoms with Gasteiger partial charge in [0, 0.05) is 19.3 Å². The highest BCUT2D eigenvalue weighted by atomic mass is 16.6. The van der Waals surface area contributed by atoms with E-state index in [2.05, 4.69) is 27.7 Å². The van der Waals surface area contributed by atoms with Gasteiger partial charge in [0.05, 0.1) is 0 Å². The molecular formula is C56H108O6. The number of rotatable bonds is 51. The molecule has 0 saturated heterocycles. The lowest BCUT2D eigenvalue weighted by atomic mass is 10.0. The summed E-state index contributed by atoms with van der Waals surface area (Å²) in [4.78, 5) is 38.0. The number of hydrogen-bond acceptors (Lipinski definition) is 6. The number of ether oxygens (including phenoxy) is 3. The molecule has 0 N–H and O–H groups in total. The van der Waals surface area contributed by atoms with Crippen LogP contribution in [0, 0.1) is 5.92 Å². The summed E-state index contributed by atoms with van der Waals surface area (Å²) >= 11 is 0. The molecule has 0 saturated carbocycles. The number of carbonyl (C=O) groups excluding carboxylic acids is 3. The van der Waals surface area contributed by atoms with Gasteiger partial charge in [-0.2, -0.15) is 0 Å². The maximum absolute atomic E-state index is 12.8. The zero-order valence-electron chi connectivity index (χ0n) is 42.3. The highest BCUT2D eigenvalue weighted by molar-refractivity contribution is 5.71. The highest BCUT2D eigenvalue weighted by Gasteiger charge is 2.19. The molecule has 368 valence electrons. The summed E-state index contributed by atoms with van der Waals surface area (Å²) in [5.74, 6) is -0.0340. The van der Waals surface area contributed by atoms with Crippen molar-refractivity contribution in [1.82, 2.24) is 0 Å². The first-order chi connectivity index (χ1) is 30.4. The maximum Gasteiger partial charge on any atom is 0.306 e. The van der Waals surface area contributed by atoms with Gasteiger partial charge in [-0.25, -0.2) is 0 Å². The predicted octanol–water partition coefficient (Wildman–Crippen LogP) is 18.2. The third-order valence-corrected chi connectivity index (χ3v) is 12.8. The molecule has 0 aromatic heterocycles. The fourth-order valence-corrected chi connectivity index (χ4v) is 8.57. The van der Waals surface area contributed by atoms with Gasteiger partial charge < -0.3 is 14.2 Å². The van der Waals surface area contributed by atoms with E-state index in [4.69, 9.17) is 14.2 Å². The van der Waals surface area contributed by atoms with Crippen LogP contribution < -0.4 is 0 Å². The maximum atomic E-state index is 12.8. The summed E-state index contributed by atoms with van der Waals surface area (Å²) in [6, 6.07) is 0. The van der Waals surface area contributed by atoms with Crippen LogP contribution in [0.4, 0.5) is 0 Å². The summed E-state index contributed by atoms with van der Waals surface area (Å²) in [5, 5.41) is 0. The molecule has 0 amide bonds. The van der Waals surface area contributed by atoms with Crippen LogP contribution in [0.3, 0.4) is 0 Å². The van der Waals surface area contributed by atoms with Gasteiger partial charge in [-0.3, -0.25) is 14.4 Å². The van der Waals surface area contributed by atoms with Crippen LogP contribution in [0.5, 0.6) is 0 Å². The molecule has 0 aromatic carbocycles. The predicted molar refractivity (Wildman–Crippen MR) is 266 cm³/mol. The van der Waals surface area contributed by atoms with Crippen molar-refractivity contribution in [2.24, 2.45) is 5.92 Å². The van der Waals surface area contributed by atoms with Crippen molar-refractivity contribution in [3.05, 3.63) is 0 Å². The Morgan fingerprint density at radius 1 is 0.306 bits per heavy atom. The molecule has 0 rings (SSSR count). The summed E-state index contributed by atoms with van der Waals surface area (Å²) in [5.41, 5.74) is 0. The second-order valence-corrected chi connectivity index (χ2v) is 19.7. The molecule has 0 heterocycles. The number of unbranched alkanes of at least 4 members (excludes halogenated alkanes) is 38. The van der Waals surface area contributed by atoms with Crippen molar-refractivity contribution < 1.29 is 28.6 Å². The van der Waals surface area contributed by atoms with E-state index in [9.17, 15) is 14.4 Å². The summed E-state index contributed by atoms with van der Waals surface area (Å²) in [6.07, 6.45) is 53.8. The fourth-order valence-electron chi connectivity index (χ4n) is 8.57. The first kappa shape index (κ1) is 60.4. The molecule has 1 atom stereocenters. The van der Waals surface area contributed by atoms with Crippen molar-refractivity contribution in [1.29, 1.82) is 0 Å². The normalized spacial score (nSPS) is 12.0. The van der Waals surface area contributed by atoms with Gasteiger partial charge in [0.2, 0.25) is 0 Å². The third kappa shape index (κ3) is 49.4. The minimum Gasteiger partial charge on any atom is -0.462 e. The molecule has 0 radical (unpaired) electrons. The van der Waals surface area contributed by atoms with E-state index < -0.39 is 6.10 Å². The lowest BCUT2D eigenvalue weighted by Gasteiger charge is -2.18. The van der Waals surface area contributed by atoms with Crippen molar-refractivity contribution in [2.75, 3.05) is 13.2 Å². The summed E-state index contributed by atoms with van der Waals surface area (Å²) < 4.78 is 16.9. The van der Waals surface area contributed by atoms with Gasteiger partial charge in [0.1, 0.15) is 13.2 Å². The van der Waals surface area contributed by atoms with Crippen molar-refractivity contribution in [3.63, 3.8) is 0 Å². The van der Waals surface area contributed by atoms with E-state index in [0.29, 0.717) is 19.3 Å². The lowest BCUT2D eigenvalue weighted by molar-refractivity contribution is -0.167. The Balaban J connectivity index is 4.27. The Morgan fingerprint density at radius 3 is 0.790 bits per heavy atom. The van der Waals surface area contributed by atoms with E-state index in [1.807, 2.05) is 0 Å². The Bertz CT molecular complexity index is 933. The summed E-state index contributed by atoms with van der Waals surface area (Å²) in [7, 11) is 0. The van der Waals surface area contributed by atoms with Crippen LogP contribution >= 0.6 is 0 Å². The quantitative estimate of drug-likeness (QED) is 0.0344. The van der Waals surface area contributed by atoms with Gasteiger partial charge in [-0.15, -0.1) is 0 Å². The standard InChI is InChI=1S/C56H108O6/c1-5-7-9-11-13-15-17-19-21-22-24-26-28-32-36-40-44-48-55(58)61-51-53(62-56(59)49-45-41-37-33-29-30-34-38-42-46-52(3)4)50-60-54(57)47-43-39-35-31-27-25-23-20-18-16-14-12-10-8-6-2/h52-53H,5-51H2,1-4H3/t53-/m1/s1. The van der Waals surface area contributed by atoms with Crippen molar-refractivity contribution >= 4 is 17.9 Å². The zero-order valence-corrected chi connectivity index (χ0v) is 42.3. The van der Waals surface area contributed by atoms with Crippen LogP contribution in [0.1, 0.15) is 317 Å². The zero-order chi connectivity index (χ0) is 45.2. The average Bonchev–Trinajstić information content (AvgIpc) is 3.26. The van der Waals surface area contributed by atoms with E-state index in [1.165, 1.54) is 212 Å². The Hall–Kier alpha value is -1.59. The molecule has 0 bridgehead atoms. The Kier molecular flexibility index (Phi) is 49.1. The molecule has 0 unspecified atom stereocenters. The smallest absolute Gasteiger partial charge is 0.306 e. The lowest BCUT2D eigenvalue weighted by Crippen LogP contribution is -2.30. The molecule has 0 spiro atoms. The average molecular weight is 877 g/mol. The second kappa shape index (κ2) is 50.4. The van der Waals surface area contributed by atoms with E-state index in [0.717, 1.165) is 63.7 Å². The molecule has 0 aliphatic carbocycles. The van der Waals surface area contributed by atoms with Gasteiger partial charge in [-0.05, 0) is 25.2 Å². The minimum absolute atomic E-state index is 0.0626. The molecular weight excluding hydrogens is 769 g/mol. The second-order valence-electron chi connectivity index (χ2n) is 19.7. The van der Waals surface area contributed by atoms with Crippen LogP contribution in [-0.4, -0.2) is 37.2 Å². The summed E-state index contributed by atoms with van der Waals surface area (Å²) in [6.45, 7) is 9.03. The number of carbonyl (C=O) groups is 3. The van der Waals surface area contributed by atoms with Crippen molar-refractivity contribution in [3.8, 4) is 0 Å². The number of esters is 3. The Morgan fingerprint density at radius 2 is 0.532 bits per heavy atom. The fraction of sp³-hybridized carbons (Fsp3) is 0.946. The van der Waals surface area contributed by atoms with Crippen LogP contribution in [0.2, 0.25) is 0 Å². The molecule has 0 aromatic rings. The van der Waals surface area contributed by atoms with Gasteiger partial charge in [-0.1, -0.05) is 278 Å². The monoisotopic (exact) mass is 877 g/mol. The van der Waals surface area contributed by atoms with Crippen LogP contribution in [0.15, 0.2) is 0 Å². The molecule has 6 nitrogen and oxygen atoms in total. The minimum atomic E-state index is -0.761. The molecule has 6 heteroatoms. The molecule has 0 fully saturated rings. The third-order valence-electron chi connectivity index (χ3n) is 12.8. The van der Waals surface area contributed by atoms with Crippen molar-refractivity contribution in [2.45, 2.75) is 323 Å². The van der Waals surface area contributed by atoms with E-state index in [-0.39, 0.29) is 31.1 Å². The SMILES string of the molecule is CCCCCCCCCCCCCCCCCCCC(=O)OC[C@@H](COC(=O)CCCCCCCCCCCCCCCCC)OC(=O)CCCCCCCCCCCC(C)C. The first-order valence-electron chi connectivity index (χ1n) is 27.9. The largest absolute Gasteiger partial charge is 0.462 e. The molecule has 0 aliphatic rings. The van der Waals surface area contributed by atoms with E-state index >= 15 is 0 Å². The number of hydrogen-bond donors (Lipinski definition) is 0. The van der Waals surface area contributed by atoms with Gasteiger partial charge in [0.15, 0.2) is 6.10 Å². The van der Waals surface area contributed by atoms with Gasteiger partial charge in [0.25, 0.3) is 0 Å².